The number of carbonyl (C=O) groups excluding carboxylic acids is 1. The van der Waals surface area contributed by atoms with E-state index in [2.05, 4.69) is 5.32 Å². The minimum Gasteiger partial charge on any atom is -0.490 e. The summed E-state index contributed by atoms with van der Waals surface area (Å²) in [5, 5.41) is 2.82. The van der Waals surface area contributed by atoms with E-state index < -0.39 is 0 Å². The molecule has 0 saturated heterocycles. The molecule has 1 aromatic rings. The second kappa shape index (κ2) is 7.38. The zero-order valence-electron chi connectivity index (χ0n) is 11.6. The van der Waals surface area contributed by atoms with Crippen LogP contribution in [0.5, 0.6) is 11.5 Å². The number of fused-ring (bicyclic) bond motifs is 1. The molecule has 0 saturated carbocycles. The van der Waals surface area contributed by atoms with Gasteiger partial charge in [-0.05, 0) is 24.6 Å². The van der Waals surface area contributed by atoms with Crippen molar-refractivity contribution in [2.24, 2.45) is 0 Å². The lowest BCUT2D eigenvalue weighted by atomic mass is 10.2. The predicted octanol–water partition coefficient (Wildman–Crippen LogP) is 2.60. The quantitative estimate of drug-likeness (QED) is 0.677. The van der Waals surface area contributed by atoms with E-state index in [0.29, 0.717) is 19.8 Å². The maximum atomic E-state index is 11.5. The van der Waals surface area contributed by atoms with Gasteiger partial charge in [0, 0.05) is 19.0 Å². The van der Waals surface area contributed by atoms with Crippen LogP contribution in [0.25, 0.3) is 0 Å². The smallest absolute Gasteiger partial charge is 0.244 e. The largest absolute Gasteiger partial charge is 0.490 e. The summed E-state index contributed by atoms with van der Waals surface area (Å²) >= 11 is 0. The third-order valence-corrected chi connectivity index (χ3v) is 2.83. The molecule has 1 heterocycles. The second-order valence-corrected chi connectivity index (χ2v) is 4.43. The first kappa shape index (κ1) is 14.2. The van der Waals surface area contributed by atoms with Crippen molar-refractivity contribution in [2.45, 2.75) is 19.9 Å². The molecule has 0 aliphatic carbocycles. The van der Waals surface area contributed by atoms with Gasteiger partial charge < -0.3 is 14.8 Å². The average molecular weight is 273 g/mol. The van der Waals surface area contributed by atoms with Crippen molar-refractivity contribution in [3.63, 3.8) is 0 Å². The van der Waals surface area contributed by atoms with E-state index in [1.54, 1.807) is 6.08 Å². The van der Waals surface area contributed by atoms with Crippen LogP contribution in [0.15, 0.2) is 42.5 Å². The lowest BCUT2D eigenvalue weighted by Crippen LogP contribution is -2.20. The topological polar surface area (TPSA) is 47.6 Å². The van der Waals surface area contributed by atoms with Gasteiger partial charge in [-0.2, -0.15) is 0 Å². The van der Waals surface area contributed by atoms with Gasteiger partial charge in [-0.3, -0.25) is 4.79 Å². The van der Waals surface area contributed by atoms with Crippen molar-refractivity contribution < 1.29 is 14.3 Å². The fourth-order valence-electron chi connectivity index (χ4n) is 1.82. The maximum Gasteiger partial charge on any atom is 0.244 e. The Bertz CT molecular complexity index is 520. The number of allylic oxidation sites excluding steroid dienone is 3. The van der Waals surface area contributed by atoms with E-state index in [-0.39, 0.29) is 5.91 Å². The van der Waals surface area contributed by atoms with Crippen molar-refractivity contribution in [2.75, 3.05) is 13.2 Å². The Morgan fingerprint density at radius 3 is 2.85 bits per heavy atom. The van der Waals surface area contributed by atoms with Crippen molar-refractivity contribution in [3.8, 4) is 11.5 Å². The molecule has 106 valence electrons. The number of rotatable bonds is 4. The first-order valence-electron chi connectivity index (χ1n) is 6.75. The van der Waals surface area contributed by atoms with E-state index in [1.165, 1.54) is 6.08 Å². The summed E-state index contributed by atoms with van der Waals surface area (Å²) in [6, 6.07) is 5.73. The molecule has 2 rings (SSSR count). The summed E-state index contributed by atoms with van der Waals surface area (Å²) in [6.45, 7) is 3.71. The van der Waals surface area contributed by atoms with Gasteiger partial charge >= 0.3 is 0 Å². The number of hydrogen-bond acceptors (Lipinski definition) is 3. The molecule has 20 heavy (non-hydrogen) atoms. The van der Waals surface area contributed by atoms with Crippen molar-refractivity contribution in [3.05, 3.63) is 48.1 Å². The van der Waals surface area contributed by atoms with E-state index in [0.717, 1.165) is 23.5 Å². The molecule has 0 spiro atoms. The van der Waals surface area contributed by atoms with Crippen LogP contribution in [0, 0.1) is 0 Å². The maximum absolute atomic E-state index is 11.5. The number of benzene rings is 1. The summed E-state index contributed by atoms with van der Waals surface area (Å²) < 4.78 is 11.2. The Morgan fingerprint density at radius 2 is 2.05 bits per heavy atom. The van der Waals surface area contributed by atoms with Crippen LogP contribution >= 0.6 is 0 Å². The van der Waals surface area contributed by atoms with Gasteiger partial charge in [-0.15, -0.1) is 0 Å². The summed E-state index contributed by atoms with van der Waals surface area (Å²) in [7, 11) is 0. The minimum absolute atomic E-state index is 0.116. The molecule has 0 aromatic heterocycles. The fraction of sp³-hybridized carbons (Fsp3) is 0.312. The first-order valence-corrected chi connectivity index (χ1v) is 6.75. The molecule has 1 aromatic carbocycles. The van der Waals surface area contributed by atoms with Crippen molar-refractivity contribution in [1.82, 2.24) is 5.32 Å². The first-order chi connectivity index (χ1) is 9.79. The van der Waals surface area contributed by atoms with Crippen LogP contribution in [0.2, 0.25) is 0 Å². The summed E-state index contributed by atoms with van der Waals surface area (Å²) in [4.78, 5) is 11.5. The van der Waals surface area contributed by atoms with Gasteiger partial charge in [0.1, 0.15) is 0 Å². The van der Waals surface area contributed by atoms with Crippen LogP contribution in [0.3, 0.4) is 0 Å². The molecule has 0 radical (unpaired) electrons. The SMILES string of the molecule is C/C=C/C=C/C(=O)NCc1ccc2c(c1)OCCCO2. The van der Waals surface area contributed by atoms with Crippen LogP contribution in [0.4, 0.5) is 0 Å². The molecule has 0 atom stereocenters. The van der Waals surface area contributed by atoms with Crippen LogP contribution < -0.4 is 14.8 Å². The van der Waals surface area contributed by atoms with E-state index >= 15 is 0 Å². The molecule has 4 nitrogen and oxygen atoms in total. The molecule has 1 amide bonds. The van der Waals surface area contributed by atoms with E-state index in [9.17, 15) is 4.79 Å². The highest BCUT2D eigenvalue weighted by Gasteiger charge is 2.10. The van der Waals surface area contributed by atoms with Gasteiger partial charge in [0.25, 0.3) is 0 Å². The summed E-state index contributed by atoms with van der Waals surface area (Å²) in [5.41, 5.74) is 0.988. The highest BCUT2D eigenvalue weighted by atomic mass is 16.5. The number of carbonyl (C=O) groups is 1. The Balaban J connectivity index is 1.93. The second-order valence-electron chi connectivity index (χ2n) is 4.43. The highest BCUT2D eigenvalue weighted by Crippen LogP contribution is 2.30. The monoisotopic (exact) mass is 273 g/mol. The minimum atomic E-state index is -0.116. The average Bonchev–Trinajstić information content (AvgIpc) is 2.70. The third-order valence-electron chi connectivity index (χ3n) is 2.83. The van der Waals surface area contributed by atoms with E-state index in [1.807, 2.05) is 37.3 Å². The van der Waals surface area contributed by atoms with Crippen LogP contribution in [-0.4, -0.2) is 19.1 Å². The lowest BCUT2D eigenvalue weighted by Gasteiger charge is -2.09. The van der Waals surface area contributed by atoms with Crippen molar-refractivity contribution in [1.29, 1.82) is 0 Å². The number of amides is 1. The van der Waals surface area contributed by atoms with Gasteiger partial charge in [-0.1, -0.05) is 24.3 Å². The molecule has 4 heteroatoms. The fourth-order valence-corrected chi connectivity index (χ4v) is 1.82. The summed E-state index contributed by atoms with van der Waals surface area (Å²) in [5.74, 6) is 1.40. The zero-order valence-corrected chi connectivity index (χ0v) is 11.6. The van der Waals surface area contributed by atoms with E-state index in [4.69, 9.17) is 9.47 Å². The molecule has 0 fully saturated rings. The predicted molar refractivity (Wildman–Crippen MR) is 77.8 cm³/mol. The Labute approximate surface area is 119 Å². The number of hydrogen-bond donors (Lipinski definition) is 1. The lowest BCUT2D eigenvalue weighted by molar-refractivity contribution is -0.116. The normalized spacial score (nSPS) is 14.4. The molecule has 0 unspecified atom stereocenters. The molecular weight excluding hydrogens is 254 g/mol. The zero-order chi connectivity index (χ0) is 14.2. The van der Waals surface area contributed by atoms with Gasteiger partial charge in [0.05, 0.1) is 13.2 Å². The van der Waals surface area contributed by atoms with Gasteiger partial charge in [-0.25, -0.2) is 0 Å². The van der Waals surface area contributed by atoms with Crippen molar-refractivity contribution >= 4 is 5.91 Å². The molecule has 1 aliphatic rings. The number of nitrogens with one attached hydrogen (secondary N) is 1. The third kappa shape index (κ3) is 4.16. The highest BCUT2D eigenvalue weighted by molar-refractivity contribution is 5.87. The molecule has 1 aliphatic heterocycles. The molecule has 1 N–H and O–H groups in total. The Kier molecular flexibility index (Phi) is 5.24. The van der Waals surface area contributed by atoms with Crippen LogP contribution in [0.1, 0.15) is 18.9 Å². The molecular formula is C16H19NO3. The Morgan fingerprint density at radius 1 is 1.25 bits per heavy atom. The Hall–Kier alpha value is -2.23. The van der Waals surface area contributed by atoms with Crippen LogP contribution in [-0.2, 0) is 11.3 Å². The molecule has 0 bridgehead atoms. The summed E-state index contributed by atoms with van der Waals surface area (Å²) in [6.07, 6.45) is 7.78. The number of ether oxygens (including phenoxy) is 2. The standard InChI is InChI=1S/C16H19NO3/c1-2-3-4-6-16(18)17-12-13-7-8-14-15(11-13)20-10-5-9-19-14/h2-4,6-8,11H,5,9-10,12H2,1H3,(H,17,18)/b3-2+,6-4+. The van der Waals surface area contributed by atoms with Gasteiger partial charge in [0.15, 0.2) is 11.5 Å². The van der Waals surface area contributed by atoms with Gasteiger partial charge in [0.2, 0.25) is 5.91 Å².